The molecule has 0 bridgehead atoms. The molecule has 1 aromatic carbocycles. The van der Waals surface area contributed by atoms with E-state index in [1.165, 1.54) is 25.5 Å². The van der Waals surface area contributed by atoms with E-state index in [-0.39, 0.29) is 29.5 Å². The van der Waals surface area contributed by atoms with Gasteiger partial charge in [0.2, 0.25) is 11.8 Å². The van der Waals surface area contributed by atoms with Gasteiger partial charge in [-0.15, -0.1) is 0 Å². The summed E-state index contributed by atoms with van der Waals surface area (Å²) in [6.45, 7) is 2.35. The fourth-order valence-electron chi connectivity index (χ4n) is 3.31. The molecule has 0 spiro atoms. The summed E-state index contributed by atoms with van der Waals surface area (Å²) in [6.07, 6.45) is 5.74. The normalized spacial score (nSPS) is 16.6. The zero-order valence-corrected chi connectivity index (χ0v) is 13.7. The van der Waals surface area contributed by atoms with Crippen LogP contribution in [0.3, 0.4) is 0 Å². The van der Waals surface area contributed by atoms with Gasteiger partial charge in [0.25, 0.3) is 0 Å². The molecule has 2 amide bonds. The fraction of sp³-hybridized carbons (Fsp3) is 0.556. The number of benzene rings is 1. The van der Waals surface area contributed by atoms with E-state index >= 15 is 0 Å². The summed E-state index contributed by atoms with van der Waals surface area (Å²) in [5.41, 5.74) is 0.996. The lowest BCUT2D eigenvalue weighted by atomic mass is 9.69. The first kappa shape index (κ1) is 17.4. The van der Waals surface area contributed by atoms with Crippen LogP contribution in [0.4, 0.5) is 4.39 Å². The number of amides is 2. The van der Waals surface area contributed by atoms with Crippen molar-refractivity contribution in [3.8, 4) is 0 Å². The first-order chi connectivity index (χ1) is 11.0. The van der Waals surface area contributed by atoms with Crippen LogP contribution < -0.4 is 10.6 Å². The van der Waals surface area contributed by atoms with Gasteiger partial charge in [0, 0.05) is 31.8 Å². The molecule has 2 N–H and O–H groups in total. The van der Waals surface area contributed by atoms with Crippen molar-refractivity contribution in [3.63, 3.8) is 0 Å². The number of hydrogen-bond donors (Lipinski definition) is 2. The van der Waals surface area contributed by atoms with Gasteiger partial charge in [-0.25, -0.2) is 4.39 Å². The van der Waals surface area contributed by atoms with Crippen molar-refractivity contribution >= 4 is 11.8 Å². The van der Waals surface area contributed by atoms with Gasteiger partial charge < -0.3 is 10.6 Å². The molecule has 0 unspecified atom stereocenters. The van der Waals surface area contributed by atoms with Gasteiger partial charge in [0.1, 0.15) is 5.82 Å². The van der Waals surface area contributed by atoms with E-state index in [0.29, 0.717) is 13.1 Å². The second-order valence-corrected chi connectivity index (χ2v) is 6.36. The minimum Gasteiger partial charge on any atom is -0.356 e. The molecule has 1 saturated carbocycles. The Hall–Kier alpha value is -1.91. The molecule has 0 aromatic heterocycles. The molecule has 23 heavy (non-hydrogen) atoms. The maximum absolute atomic E-state index is 13.2. The van der Waals surface area contributed by atoms with Gasteiger partial charge in [0.15, 0.2) is 0 Å². The van der Waals surface area contributed by atoms with Gasteiger partial charge in [-0.2, -0.15) is 0 Å². The minimum absolute atomic E-state index is 0.0641. The molecule has 0 saturated heterocycles. The van der Waals surface area contributed by atoms with E-state index in [2.05, 4.69) is 10.6 Å². The summed E-state index contributed by atoms with van der Waals surface area (Å²) in [5, 5.41) is 5.62. The first-order valence-corrected chi connectivity index (χ1v) is 8.29. The number of rotatable bonds is 6. The van der Waals surface area contributed by atoms with Crippen LogP contribution in [0.2, 0.25) is 0 Å². The van der Waals surface area contributed by atoms with Crippen molar-refractivity contribution in [2.75, 3.05) is 13.1 Å². The van der Waals surface area contributed by atoms with Crippen LogP contribution in [-0.2, 0) is 15.0 Å². The molecule has 1 aromatic rings. The molecular weight excluding hydrogens is 295 g/mol. The van der Waals surface area contributed by atoms with Crippen LogP contribution in [0.15, 0.2) is 24.3 Å². The van der Waals surface area contributed by atoms with Crippen molar-refractivity contribution in [2.45, 2.75) is 50.9 Å². The molecule has 126 valence electrons. The Balaban J connectivity index is 1.97. The van der Waals surface area contributed by atoms with Gasteiger partial charge in [-0.1, -0.05) is 31.4 Å². The van der Waals surface area contributed by atoms with Gasteiger partial charge in [-0.3, -0.25) is 9.59 Å². The summed E-state index contributed by atoms with van der Waals surface area (Å²) in [5.74, 6) is -0.433. The molecular formula is C18H25FN2O2. The van der Waals surface area contributed by atoms with E-state index in [0.717, 1.165) is 31.2 Å². The first-order valence-electron chi connectivity index (χ1n) is 8.29. The Morgan fingerprint density at radius 3 is 2.35 bits per heavy atom. The summed E-state index contributed by atoms with van der Waals surface area (Å²) < 4.78 is 13.2. The summed E-state index contributed by atoms with van der Waals surface area (Å²) >= 11 is 0. The number of nitrogens with one attached hydrogen (secondary N) is 2. The predicted octanol–water partition coefficient (Wildman–Crippen LogP) is 2.67. The third kappa shape index (κ3) is 5.05. The van der Waals surface area contributed by atoms with Crippen molar-refractivity contribution in [1.29, 1.82) is 0 Å². The highest BCUT2D eigenvalue weighted by Gasteiger charge is 2.34. The lowest BCUT2D eigenvalue weighted by Gasteiger charge is -2.38. The third-order valence-electron chi connectivity index (χ3n) is 4.62. The maximum atomic E-state index is 13.2. The van der Waals surface area contributed by atoms with Crippen LogP contribution in [0, 0.1) is 5.82 Å². The monoisotopic (exact) mass is 320 g/mol. The second-order valence-electron chi connectivity index (χ2n) is 6.36. The summed E-state index contributed by atoms with van der Waals surface area (Å²) in [6, 6.07) is 6.66. The smallest absolute Gasteiger partial charge is 0.221 e. The number of halogens is 1. The number of carbonyl (C=O) groups excluding carboxylic acids is 2. The molecule has 1 aliphatic rings. The molecule has 0 heterocycles. The van der Waals surface area contributed by atoms with Crippen LogP contribution in [0.25, 0.3) is 0 Å². The minimum atomic E-state index is -0.237. The maximum Gasteiger partial charge on any atom is 0.221 e. The molecule has 2 rings (SSSR count). The highest BCUT2D eigenvalue weighted by molar-refractivity contribution is 5.78. The van der Waals surface area contributed by atoms with Crippen molar-refractivity contribution in [2.24, 2.45) is 0 Å². The molecule has 4 nitrogen and oxygen atoms in total. The van der Waals surface area contributed by atoms with E-state index < -0.39 is 0 Å². The standard InChI is InChI=1S/C18H25FN2O2/c1-14(22)20-12-9-17(23)21-13-18(10-3-2-4-11-18)15-5-7-16(19)8-6-15/h5-8H,2-4,9-13H2,1H3,(H,20,22)(H,21,23). The van der Waals surface area contributed by atoms with Crippen LogP contribution in [0.5, 0.6) is 0 Å². The topological polar surface area (TPSA) is 58.2 Å². The molecule has 1 aliphatic carbocycles. The molecule has 0 atom stereocenters. The summed E-state index contributed by atoms with van der Waals surface area (Å²) in [4.78, 5) is 22.8. The Morgan fingerprint density at radius 1 is 1.09 bits per heavy atom. The third-order valence-corrected chi connectivity index (χ3v) is 4.62. The molecule has 1 fully saturated rings. The predicted molar refractivity (Wildman–Crippen MR) is 87.5 cm³/mol. The number of hydrogen-bond acceptors (Lipinski definition) is 2. The van der Waals surface area contributed by atoms with Gasteiger partial charge in [0.05, 0.1) is 0 Å². The average Bonchev–Trinajstić information content (AvgIpc) is 2.54. The summed E-state index contributed by atoms with van der Waals surface area (Å²) in [7, 11) is 0. The molecule has 0 aliphatic heterocycles. The Labute approximate surface area is 136 Å². The van der Waals surface area contributed by atoms with Crippen LogP contribution in [0.1, 0.15) is 51.0 Å². The van der Waals surface area contributed by atoms with Crippen molar-refractivity contribution in [3.05, 3.63) is 35.6 Å². The van der Waals surface area contributed by atoms with Gasteiger partial charge in [-0.05, 0) is 30.5 Å². The Kier molecular flexibility index (Phi) is 6.13. The Morgan fingerprint density at radius 2 is 1.74 bits per heavy atom. The van der Waals surface area contributed by atoms with E-state index in [1.807, 2.05) is 12.1 Å². The Bertz CT molecular complexity index is 536. The van der Waals surface area contributed by atoms with E-state index in [9.17, 15) is 14.0 Å². The lowest BCUT2D eigenvalue weighted by molar-refractivity contribution is -0.121. The molecule has 0 radical (unpaired) electrons. The van der Waals surface area contributed by atoms with E-state index in [4.69, 9.17) is 0 Å². The van der Waals surface area contributed by atoms with Crippen LogP contribution >= 0.6 is 0 Å². The van der Waals surface area contributed by atoms with Crippen molar-refractivity contribution in [1.82, 2.24) is 10.6 Å². The second kappa shape index (κ2) is 8.09. The quantitative estimate of drug-likeness (QED) is 0.846. The average molecular weight is 320 g/mol. The SMILES string of the molecule is CC(=O)NCCC(=O)NCC1(c2ccc(F)cc2)CCCCC1. The fourth-order valence-corrected chi connectivity index (χ4v) is 3.31. The largest absolute Gasteiger partial charge is 0.356 e. The highest BCUT2D eigenvalue weighted by Crippen LogP contribution is 2.39. The lowest BCUT2D eigenvalue weighted by Crippen LogP contribution is -2.42. The highest BCUT2D eigenvalue weighted by atomic mass is 19.1. The van der Waals surface area contributed by atoms with Gasteiger partial charge >= 0.3 is 0 Å². The molecule has 5 heteroatoms. The zero-order valence-electron chi connectivity index (χ0n) is 13.7. The number of carbonyl (C=O) groups is 2. The van der Waals surface area contributed by atoms with Crippen LogP contribution in [-0.4, -0.2) is 24.9 Å². The van der Waals surface area contributed by atoms with Crippen molar-refractivity contribution < 1.29 is 14.0 Å². The zero-order chi connectivity index (χ0) is 16.7. The van der Waals surface area contributed by atoms with E-state index in [1.54, 1.807) is 0 Å².